The Morgan fingerprint density at radius 3 is 2.57 bits per heavy atom. The molecule has 0 saturated carbocycles. The van der Waals surface area contributed by atoms with Gasteiger partial charge in [0.05, 0.1) is 34.3 Å². The Balaban J connectivity index is 1.43. The van der Waals surface area contributed by atoms with Crippen molar-refractivity contribution in [2.24, 2.45) is 0 Å². The van der Waals surface area contributed by atoms with E-state index in [0.29, 0.717) is 6.42 Å². The van der Waals surface area contributed by atoms with Crippen molar-refractivity contribution in [1.82, 2.24) is 9.97 Å². The summed E-state index contributed by atoms with van der Waals surface area (Å²) in [6, 6.07) is 18.4. The maximum absolute atomic E-state index is 11.0. The number of hydrogen-bond acceptors (Lipinski definition) is 9. The number of benzene rings is 2. The van der Waals surface area contributed by atoms with Crippen molar-refractivity contribution >= 4 is 44.8 Å². The molecule has 0 aliphatic heterocycles. The van der Waals surface area contributed by atoms with Crippen molar-refractivity contribution in [3.05, 3.63) is 98.2 Å². The first-order valence-electron chi connectivity index (χ1n) is 10.7. The number of thiophene rings is 1. The van der Waals surface area contributed by atoms with E-state index in [1.165, 1.54) is 23.5 Å². The Morgan fingerprint density at radius 1 is 1.00 bits per heavy atom. The Morgan fingerprint density at radius 2 is 1.83 bits per heavy atom. The number of rotatable bonds is 9. The van der Waals surface area contributed by atoms with Crippen LogP contribution in [0.1, 0.15) is 17.3 Å². The van der Waals surface area contributed by atoms with E-state index >= 15 is 0 Å². The first-order chi connectivity index (χ1) is 17.1. The van der Waals surface area contributed by atoms with Crippen molar-refractivity contribution in [1.29, 1.82) is 0 Å². The highest BCUT2D eigenvalue weighted by Gasteiger charge is 2.20. The highest BCUT2D eigenvalue weighted by molar-refractivity contribution is 7.20. The molecule has 0 aliphatic carbocycles. The van der Waals surface area contributed by atoms with E-state index in [-0.39, 0.29) is 16.7 Å². The van der Waals surface area contributed by atoms with Gasteiger partial charge < -0.3 is 10.1 Å². The number of para-hydroxylation sites is 1. The first kappa shape index (κ1) is 23.2. The van der Waals surface area contributed by atoms with Crippen molar-refractivity contribution in [3.63, 3.8) is 0 Å². The molecule has 3 heterocycles. The number of thiazole rings is 2. The molecule has 35 heavy (non-hydrogen) atoms. The normalized spacial score (nSPS) is 11.8. The van der Waals surface area contributed by atoms with Crippen molar-refractivity contribution in [3.8, 4) is 26.9 Å². The third-order valence-electron chi connectivity index (χ3n) is 5.38. The standard InChI is InChI=1S/C25H20N4O3S3/c1-32-22-6-3-2-5-18(22)20-14-35-25(28-20)27-19(13-16-8-10-17(11-9-16)29(30)31)21-15-34-24(26-21)23-7-4-12-33-23/h2-12,14-15,19H,13H2,1H3,(H,27,28)/t19-/m0/s1. The number of methoxy groups -OCH3 is 1. The summed E-state index contributed by atoms with van der Waals surface area (Å²) in [5.41, 5.74) is 3.72. The molecule has 176 valence electrons. The van der Waals surface area contributed by atoms with E-state index in [1.807, 2.05) is 41.1 Å². The van der Waals surface area contributed by atoms with Crippen molar-refractivity contribution in [2.45, 2.75) is 12.5 Å². The summed E-state index contributed by atoms with van der Waals surface area (Å²) in [5, 5.41) is 22.4. The molecule has 3 aromatic heterocycles. The summed E-state index contributed by atoms with van der Waals surface area (Å²) in [6.07, 6.45) is 0.606. The lowest BCUT2D eigenvalue weighted by molar-refractivity contribution is -0.384. The SMILES string of the molecule is COc1ccccc1-c1csc(N[C@@H](Cc2ccc([N+](=O)[O-])cc2)c2csc(-c3cccs3)n2)n1. The van der Waals surface area contributed by atoms with Crippen LogP contribution in [-0.4, -0.2) is 22.0 Å². The van der Waals surface area contributed by atoms with Crippen molar-refractivity contribution < 1.29 is 9.66 Å². The van der Waals surface area contributed by atoms with Crippen LogP contribution in [0.15, 0.2) is 76.8 Å². The summed E-state index contributed by atoms with van der Waals surface area (Å²) in [7, 11) is 1.65. The van der Waals surface area contributed by atoms with Gasteiger partial charge in [0.25, 0.3) is 5.69 Å². The zero-order valence-corrected chi connectivity index (χ0v) is 21.0. The second-order valence-electron chi connectivity index (χ2n) is 7.62. The van der Waals surface area contributed by atoms with Crippen LogP contribution in [-0.2, 0) is 6.42 Å². The fraction of sp³-hybridized carbons (Fsp3) is 0.120. The summed E-state index contributed by atoms with van der Waals surface area (Å²) in [6.45, 7) is 0. The maximum atomic E-state index is 11.0. The molecule has 1 atom stereocenters. The maximum Gasteiger partial charge on any atom is 0.269 e. The number of ether oxygens (including phenoxy) is 1. The van der Waals surface area contributed by atoms with Crippen LogP contribution >= 0.6 is 34.0 Å². The van der Waals surface area contributed by atoms with Gasteiger partial charge in [-0.25, -0.2) is 9.97 Å². The average molecular weight is 521 g/mol. The molecular formula is C25H20N4O3S3. The summed E-state index contributed by atoms with van der Waals surface area (Å²) in [5.74, 6) is 0.770. The van der Waals surface area contributed by atoms with Gasteiger partial charge >= 0.3 is 0 Å². The molecule has 0 unspecified atom stereocenters. The topological polar surface area (TPSA) is 90.2 Å². The molecule has 0 fully saturated rings. The molecule has 0 aliphatic rings. The molecule has 2 aromatic carbocycles. The van der Waals surface area contributed by atoms with E-state index < -0.39 is 0 Å². The number of nitro benzene ring substituents is 1. The number of nitro groups is 1. The van der Waals surface area contributed by atoms with Gasteiger partial charge in [0, 0.05) is 28.5 Å². The van der Waals surface area contributed by atoms with E-state index in [0.717, 1.165) is 43.3 Å². The van der Waals surface area contributed by atoms with E-state index in [4.69, 9.17) is 14.7 Å². The molecule has 0 spiro atoms. The Bertz CT molecular complexity index is 1430. The molecule has 7 nitrogen and oxygen atoms in total. The van der Waals surface area contributed by atoms with Gasteiger partial charge in [-0.2, -0.15) is 0 Å². The molecule has 0 saturated heterocycles. The summed E-state index contributed by atoms with van der Waals surface area (Å²) >= 11 is 4.78. The number of aromatic nitrogens is 2. The predicted octanol–water partition coefficient (Wildman–Crippen LogP) is 7.31. The fourth-order valence-corrected chi connectivity index (χ4v) is 6.10. The number of non-ortho nitro benzene ring substituents is 1. The molecular weight excluding hydrogens is 501 g/mol. The van der Waals surface area contributed by atoms with Gasteiger partial charge in [-0.15, -0.1) is 34.0 Å². The summed E-state index contributed by atoms with van der Waals surface area (Å²) in [4.78, 5) is 21.5. The van der Waals surface area contributed by atoms with Gasteiger partial charge in [-0.1, -0.05) is 30.3 Å². The van der Waals surface area contributed by atoms with Gasteiger partial charge in [0.15, 0.2) is 5.13 Å². The van der Waals surface area contributed by atoms with E-state index in [2.05, 4.69) is 16.8 Å². The summed E-state index contributed by atoms with van der Waals surface area (Å²) < 4.78 is 5.49. The monoisotopic (exact) mass is 520 g/mol. The molecule has 0 bridgehead atoms. The Kier molecular flexibility index (Phi) is 6.84. The van der Waals surface area contributed by atoms with Crippen LogP contribution < -0.4 is 10.1 Å². The third kappa shape index (κ3) is 5.24. The molecule has 0 radical (unpaired) electrons. The number of nitrogens with one attached hydrogen (secondary N) is 1. The van der Waals surface area contributed by atoms with Crippen LogP contribution in [0.4, 0.5) is 10.8 Å². The number of nitrogens with zero attached hydrogens (tertiary/aromatic N) is 3. The second-order valence-corrected chi connectivity index (χ2v) is 10.3. The second kappa shape index (κ2) is 10.3. The van der Waals surface area contributed by atoms with Gasteiger partial charge in [-0.3, -0.25) is 10.1 Å². The quantitative estimate of drug-likeness (QED) is 0.162. The highest BCUT2D eigenvalue weighted by atomic mass is 32.1. The van der Waals surface area contributed by atoms with Crippen LogP contribution in [0.2, 0.25) is 0 Å². The Hall–Kier alpha value is -3.60. The van der Waals surface area contributed by atoms with Gasteiger partial charge in [0.1, 0.15) is 10.8 Å². The van der Waals surface area contributed by atoms with Crippen LogP contribution in [0, 0.1) is 10.1 Å². The lowest BCUT2D eigenvalue weighted by Crippen LogP contribution is -2.14. The average Bonchev–Trinajstić information content (AvgIpc) is 3.66. The van der Waals surface area contributed by atoms with Crippen LogP contribution in [0.5, 0.6) is 5.75 Å². The molecule has 1 N–H and O–H groups in total. The zero-order valence-electron chi connectivity index (χ0n) is 18.6. The minimum absolute atomic E-state index is 0.0771. The molecule has 5 rings (SSSR count). The number of anilines is 1. The predicted molar refractivity (Wildman–Crippen MR) is 143 cm³/mol. The third-order valence-corrected chi connectivity index (χ3v) is 8.06. The van der Waals surface area contributed by atoms with Gasteiger partial charge in [-0.05, 0) is 35.6 Å². The lowest BCUT2D eigenvalue weighted by Gasteiger charge is -2.16. The van der Waals surface area contributed by atoms with Crippen molar-refractivity contribution in [2.75, 3.05) is 12.4 Å². The van der Waals surface area contributed by atoms with E-state index in [9.17, 15) is 10.1 Å². The van der Waals surface area contributed by atoms with Crippen LogP contribution in [0.25, 0.3) is 21.1 Å². The first-order valence-corrected chi connectivity index (χ1v) is 13.3. The fourth-order valence-electron chi connectivity index (χ4n) is 3.65. The molecule has 0 amide bonds. The zero-order chi connectivity index (χ0) is 24.2. The van der Waals surface area contributed by atoms with E-state index in [1.54, 1.807) is 41.9 Å². The molecule has 10 heteroatoms. The number of hydrogen-bond donors (Lipinski definition) is 1. The Labute approximate surface area is 213 Å². The minimum Gasteiger partial charge on any atom is -0.496 e. The largest absolute Gasteiger partial charge is 0.496 e. The highest BCUT2D eigenvalue weighted by Crippen LogP contribution is 2.35. The minimum atomic E-state index is -0.387. The van der Waals surface area contributed by atoms with Crippen LogP contribution in [0.3, 0.4) is 0 Å². The molecule has 5 aromatic rings. The smallest absolute Gasteiger partial charge is 0.269 e. The van der Waals surface area contributed by atoms with Gasteiger partial charge in [0.2, 0.25) is 0 Å². The lowest BCUT2D eigenvalue weighted by atomic mass is 10.0.